The monoisotopic (exact) mass is 548 g/mol. The zero-order valence-corrected chi connectivity index (χ0v) is 20.6. The fraction of sp³-hybridized carbons (Fsp3) is 0.462. The van der Waals surface area contributed by atoms with Crippen molar-refractivity contribution in [3.05, 3.63) is 59.4 Å². The topological polar surface area (TPSA) is 202 Å². The maximum Gasteiger partial charge on any atom is 0.337 e. The maximum absolute atomic E-state index is 13.0. The molecule has 0 bridgehead atoms. The lowest BCUT2D eigenvalue weighted by Gasteiger charge is -2.45. The van der Waals surface area contributed by atoms with Crippen molar-refractivity contribution >= 4 is 18.0 Å². The van der Waals surface area contributed by atoms with Crippen molar-refractivity contribution in [1.29, 1.82) is 0 Å². The van der Waals surface area contributed by atoms with Crippen LogP contribution in [-0.4, -0.2) is 105 Å². The second kappa shape index (κ2) is 10.4. The number of benzene rings is 1. The number of carbonyl (C=O) groups excluding carboxylic acids is 2. The number of fused-ring (bicyclic) bond motifs is 2. The lowest BCUT2D eigenvalue weighted by molar-refractivity contribution is -0.346. The SMILES string of the molecule is COC(=O)C1=CO[C@@H](O[C@@H]2O[C@H](CO)[C@@H](O)[C@H](O)[C@H]2O)[C@H]2[C@@H]1C=C[C@]21OC(=O)/C(=C\c2ccc(O)cc2)[C@H]1O. The number of methoxy groups -OCH3 is 1. The normalized spacial score (nSPS) is 40.3. The van der Waals surface area contributed by atoms with E-state index < -0.39 is 79.1 Å². The van der Waals surface area contributed by atoms with E-state index in [0.717, 1.165) is 6.26 Å². The summed E-state index contributed by atoms with van der Waals surface area (Å²) in [5, 5.41) is 61.2. The average Bonchev–Trinajstić information content (AvgIpc) is 3.43. The van der Waals surface area contributed by atoms with Gasteiger partial charge in [-0.25, -0.2) is 9.59 Å². The number of phenols is 1. The number of phenolic OH excluding ortho intramolecular Hbond substituents is 1. The Balaban J connectivity index is 1.50. The van der Waals surface area contributed by atoms with Crippen molar-refractivity contribution in [3.63, 3.8) is 0 Å². The molecule has 0 radical (unpaired) electrons. The smallest absolute Gasteiger partial charge is 0.337 e. The van der Waals surface area contributed by atoms with Crippen LogP contribution in [0.25, 0.3) is 6.08 Å². The number of esters is 2. The number of carbonyl (C=O) groups is 2. The first-order valence-electron chi connectivity index (χ1n) is 12.1. The minimum atomic E-state index is -1.78. The van der Waals surface area contributed by atoms with E-state index in [4.69, 9.17) is 23.7 Å². The molecule has 10 atom stereocenters. The van der Waals surface area contributed by atoms with Gasteiger partial charge in [-0.15, -0.1) is 0 Å². The molecule has 0 unspecified atom stereocenters. The fourth-order valence-corrected chi connectivity index (χ4v) is 5.37. The van der Waals surface area contributed by atoms with Crippen LogP contribution in [0.4, 0.5) is 0 Å². The molecule has 3 aliphatic heterocycles. The highest BCUT2D eigenvalue weighted by Crippen LogP contribution is 2.53. The predicted molar refractivity (Wildman–Crippen MR) is 127 cm³/mol. The number of ether oxygens (including phenoxy) is 5. The molecule has 210 valence electrons. The number of aromatic hydroxyl groups is 1. The summed E-state index contributed by atoms with van der Waals surface area (Å²) in [4.78, 5) is 25.5. The van der Waals surface area contributed by atoms with Gasteiger partial charge in [0.25, 0.3) is 0 Å². The summed E-state index contributed by atoms with van der Waals surface area (Å²) >= 11 is 0. The van der Waals surface area contributed by atoms with Crippen molar-refractivity contribution < 1.29 is 63.9 Å². The zero-order chi connectivity index (χ0) is 28.1. The average molecular weight is 548 g/mol. The Labute approximate surface area is 221 Å². The summed E-state index contributed by atoms with van der Waals surface area (Å²) in [5.41, 5.74) is -1.34. The zero-order valence-electron chi connectivity index (χ0n) is 20.6. The summed E-state index contributed by atoms with van der Waals surface area (Å²) in [5.74, 6) is -3.51. The molecule has 0 amide bonds. The Morgan fingerprint density at radius 2 is 1.79 bits per heavy atom. The molecule has 5 rings (SSSR count). The van der Waals surface area contributed by atoms with Gasteiger partial charge in [0, 0.05) is 5.92 Å². The second-order valence-corrected chi connectivity index (χ2v) is 9.65. The lowest BCUT2D eigenvalue weighted by Crippen LogP contribution is -2.61. The number of aliphatic hydroxyl groups excluding tert-OH is 5. The highest BCUT2D eigenvalue weighted by Gasteiger charge is 2.65. The molecule has 1 aromatic carbocycles. The van der Waals surface area contributed by atoms with Crippen molar-refractivity contribution in [2.75, 3.05) is 13.7 Å². The summed E-state index contributed by atoms with van der Waals surface area (Å²) in [6.07, 6.45) is -5.52. The van der Waals surface area contributed by atoms with Crippen LogP contribution in [0.15, 0.2) is 53.8 Å². The molecule has 3 heterocycles. The maximum atomic E-state index is 13.0. The van der Waals surface area contributed by atoms with Crippen LogP contribution < -0.4 is 0 Å². The van der Waals surface area contributed by atoms with E-state index in [2.05, 4.69) is 0 Å². The van der Waals surface area contributed by atoms with Crippen LogP contribution in [0.2, 0.25) is 0 Å². The van der Waals surface area contributed by atoms with Crippen LogP contribution in [-0.2, 0) is 33.3 Å². The fourth-order valence-electron chi connectivity index (χ4n) is 5.37. The molecule has 0 aromatic heterocycles. The van der Waals surface area contributed by atoms with E-state index in [1.165, 1.54) is 43.5 Å². The highest BCUT2D eigenvalue weighted by molar-refractivity contribution is 5.98. The summed E-state index contributed by atoms with van der Waals surface area (Å²) in [7, 11) is 1.17. The number of hydrogen-bond acceptors (Lipinski definition) is 13. The minimum absolute atomic E-state index is 0.0133. The summed E-state index contributed by atoms with van der Waals surface area (Å²) in [6.45, 7) is -0.692. The van der Waals surface area contributed by atoms with Crippen molar-refractivity contribution in [3.8, 4) is 5.75 Å². The van der Waals surface area contributed by atoms with Crippen molar-refractivity contribution in [2.45, 2.75) is 48.7 Å². The van der Waals surface area contributed by atoms with Gasteiger partial charge in [-0.05, 0) is 29.8 Å². The molecule has 4 aliphatic rings. The molecule has 1 spiro atoms. The molecule has 39 heavy (non-hydrogen) atoms. The number of allylic oxidation sites excluding steroid dienone is 1. The van der Waals surface area contributed by atoms with E-state index in [-0.39, 0.29) is 16.9 Å². The molecule has 13 heteroatoms. The van der Waals surface area contributed by atoms with Gasteiger partial charge < -0.3 is 54.3 Å². The Morgan fingerprint density at radius 3 is 2.46 bits per heavy atom. The molecule has 13 nitrogen and oxygen atoms in total. The third-order valence-corrected chi connectivity index (χ3v) is 7.43. The van der Waals surface area contributed by atoms with Crippen LogP contribution in [0.1, 0.15) is 5.56 Å². The number of hydrogen-bond donors (Lipinski definition) is 6. The second-order valence-electron chi connectivity index (χ2n) is 9.65. The summed E-state index contributed by atoms with van der Waals surface area (Å²) < 4.78 is 27.5. The van der Waals surface area contributed by atoms with E-state index in [1.807, 2.05) is 0 Å². The summed E-state index contributed by atoms with van der Waals surface area (Å²) in [6, 6.07) is 5.89. The molecule has 6 N–H and O–H groups in total. The van der Waals surface area contributed by atoms with E-state index in [1.54, 1.807) is 6.08 Å². The molecule has 1 aromatic rings. The number of aliphatic hydroxyl groups is 5. The molecule has 1 aliphatic carbocycles. The lowest BCUT2D eigenvalue weighted by atomic mass is 9.76. The van der Waals surface area contributed by atoms with Gasteiger partial charge >= 0.3 is 11.9 Å². The first-order chi connectivity index (χ1) is 18.6. The van der Waals surface area contributed by atoms with E-state index in [0.29, 0.717) is 5.56 Å². The van der Waals surface area contributed by atoms with Gasteiger partial charge in [0.05, 0.1) is 37.0 Å². The molecular weight excluding hydrogens is 520 g/mol. The molecular formula is C26H28O13. The Hall–Kier alpha value is -3.30. The van der Waals surface area contributed by atoms with Gasteiger partial charge in [0.2, 0.25) is 6.29 Å². The van der Waals surface area contributed by atoms with Crippen LogP contribution in [0, 0.1) is 11.8 Å². The largest absolute Gasteiger partial charge is 0.508 e. The van der Waals surface area contributed by atoms with Gasteiger partial charge in [-0.2, -0.15) is 0 Å². The van der Waals surface area contributed by atoms with E-state index >= 15 is 0 Å². The first-order valence-corrected chi connectivity index (χ1v) is 12.1. The van der Waals surface area contributed by atoms with Crippen molar-refractivity contribution in [1.82, 2.24) is 0 Å². The van der Waals surface area contributed by atoms with Crippen LogP contribution in [0.3, 0.4) is 0 Å². The number of rotatable bonds is 5. The first kappa shape index (κ1) is 27.3. The quantitative estimate of drug-likeness (QED) is 0.141. The van der Waals surface area contributed by atoms with Gasteiger partial charge in [-0.3, -0.25) is 0 Å². The third kappa shape index (κ3) is 4.51. The van der Waals surface area contributed by atoms with Crippen LogP contribution in [0.5, 0.6) is 5.75 Å². The highest BCUT2D eigenvalue weighted by atomic mass is 16.8. The third-order valence-electron chi connectivity index (χ3n) is 7.43. The Morgan fingerprint density at radius 1 is 1.08 bits per heavy atom. The van der Waals surface area contributed by atoms with Crippen LogP contribution >= 0.6 is 0 Å². The van der Waals surface area contributed by atoms with Crippen molar-refractivity contribution in [2.24, 2.45) is 11.8 Å². The molecule has 2 saturated heterocycles. The predicted octanol–water partition coefficient (Wildman–Crippen LogP) is -1.54. The van der Waals surface area contributed by atoms with Gasteiger partial charge in [0.15, 0.2) is 11.9 Å². The molecule has 2 fully saturated rings. The van der Waals surface area contributed by atoms with Gasteiger partial charge in [0.1, 0.15) is 36.3 Å². The molecule has 0 saturated carbocycles. The minimum Gasteiger partial charge on any atom is -0.508 e. The van der Waals surface area contributed by atoms with E-state index in [9.17, 15) is 40.2 Å². The standard InChI is InChI=1S/C26H28O13/c1-35-22(33)15-10-36-24(38-25-20(31)19(30)18(29)16(9-27)37-25)17-13(15)6-7-26(17)21(32)14(23(34)39-26)8-11-2-4-12(28)5-3-11/h2-8,10,13,16-21,24-25,27-32H,9H2,1H3/b14-8-/t13-,16-,17-,18-,19+,20-,21-,24+,25+,26+/m1/s1. The Bertz CT molecular complexity index is 1200. The Kier molecular flexibility index (Phi) is 7.24. The van der Waals surface area contributed by atoms with Gasteiger partial charge in [-0.1, -0.05) is 18.2 Å².